The number of halogens is 1. The molecule has 0 unspecified atom stereocenters. The summed E-state index contributed by atoms with van der Waals surface area (Å²) in [6, 6.07) is 7.27. The maximum absolute atomic E-state index is 13.6. The Morgan fingerprint density at radius 2 is 2.07 bits per heavy atom. The third kappa shape index (κ3) is 4.46. The van der Waals surface area contributed by atoms with E-state index in [-0.39, 0.29) is 30.5 Å². The average Bonchev–Trinajstić information content (AvgIpc) is 3.10. The summed E-state index contributed by atoms with van der Waals surface area (Å²) in [6.45, 7) is 2.06. The van der Waals surface area contributed by atoms with Crippen molar-refractivity contribution < 1.29 is 14.0 Å². The van der Waals surface area contributed by atoms with Crippen LogP contribution in [-0.4, -0.2) is 32.7 Å². The molecule has 7 nitrogen and oxygen atoms in total. The minimum atomic E-state index is -0.592. The van der Waals surface area contributed by atoms with Gasteiger partial charge in [0.2, 0.25) is 11.7 Å². The highest BCUT2D eigenvalue weighted by molar-refractivity contribution is 5.94. The molecule has 2 heterocycles. The van der Waals surface area contributed by atoms with Crippen LogP contribution in [0.1, 0.15) is 41.9 Å². The average molecular weight is 369 g/mol. The van der Waals surface area contributed by atoms with E-state index in [9.17, 15) is 14.0 Å². The summed E-state index contributed by atoms with van der Waals surface area (Å²) in [6.07, 6.45) is 6.08. The Labute approximate surface area is 155 Å². The third-order valence-electron chi connectivity index (χ3n) is 4.11. The Kier molecular flexibility index (Phi) is 5.75. The van der Waals surface area contributed by atoms with Crippen molar-refractivity contribution >= 4 is 17.6 Å². The van der Waals surface area contributed by atoms with Crippen molar-refractivity contribution in [2.75, 3.05) is 6.54 Å². The normalized spacial score (nSPS) is 11.9. The van der Waals surface area contributed by atoms with Gasteiger partial charge in [0.25, 0.3) is 5.91 Å². The van der Waals surface area contributed by atoms with Crippen LogP contribution in [0.3, 0.4) is 0 Å². The molecule has 0 radical (unpaired) electrons. The molecule has 3 rings (SSSR count). The highest BCUT2D eigenvalue weighted by Crippen LogP contribution is 2.16. The molecular formula is C19H20FN5O2. The van der Waals surface area contributed by atoms with Crippen molar-refractivity contribution in [3.05, 3.63) is 66.0 Å². The van der Waals surface area contributed by atoms with Crippen LogP contribution in [0.2, 0.25) is 0 Å². The third-order valence-corrected chi connectivity index (χ3v) is 4.11. The summed E-state index contributed by atoms with van der Waals surface area (Å²) < 4.78 is 15.4. The monoisotopic (exact) mass is 369 g/mol. The van der Waals surface area contributed by atoms with Gasteiger partial charge in [-0.15, -0.1) is 0 Å². The molecule has 140 valence electrons. The second kappa shape index (κ2) is 8.39. The number of fused-ring (bicyclic) bond motifs is 1. The zero-order chi connectivity index (χ0) is 19.2. The van der Waals surface area contributed by atoms with Gasteiger partial charge in [-0.1, -0.05) is 19.1 Å². The molecule has 1 aromatic carbocycles. The Morgan fingerprint density at radius 1 is 1.26 bits per heavy atom. The van der Waals surface area contributed by atoms with E-state index in [1.807, 2.05) is 19.3 Å². The van der Waals surface area contributed by atoms with Gasteiger partial charge in [-0.3, -0.25) is 14.0 Å². The number of benzene rings is 1. The minimum absolute atomic E-state index is 0.0402. The van der Waals surface area contributed by atoms with Gasteiger partial charge in [0.15, 0.2) is 0 Å². The van der Waals surface area contributed by atoms with Crippen molar-refractivity contribution in [1.82, 2.24) is 25.0 Å². The van der Waals surface area contributed by atoms with E-state index < -0.39 is 11.7 Å². The number of aromatic nitrogens is 3. The molecular weight excluding hydrogens is 349 g/mol. The van der Waals surface area contributed by atoms with E-state index in [4.69, 9.17) is 0 Å². The molecule has 0 aliphatic rings. The van der Waals surface area contributed by atoms with Crippen LogP contribution in [0.15, 0.2) is 48.9 Å². The van der Waals surface area contributed by atoms with Crippen molar-refractivity contribution in [1.29, 1.82) is 0 Å². The maximum Gasteiger partial charge on any atom is 0.254 e. The Morgan fingerprint density at radius 3 is 2.81 bits per heavy atom. The van der Waals surface area contributed by atoms with Gasteiger partial charge in [-0.2, -0.15) is 0 Å². The lowest BCUT2D eigenvalue weighted by molar-refractivity contribution is -0.121. The van der Waals surface area contributed by atoms with Crippen molar-refractivity contribution in [2.24, 2.45) is 0 Å². The number of carbonyl (C=O) groups is 2. The van der Waals surface area contributed by atoms with Gasteiger partial charge in [0, 0.05) is 31.6 Å². The van der Waals surface area contributed by atoms with E-state index in [0.29, 0.717) is 12.2 Å². The molecule has 0 spiro atoms. The fourth-order valence-corrected chi connectivity index (χ4v) is 2.70. The quantitative estimate of drug-likeness (QED) is 0.669. The number of imidazole rings is 1. The van der Waals surface area contributed by atoms with Crippen LogP contribution < -0.4 is 10.6 Å². The van der Waals surface area contributed by atoms with Crippen molar-refractivity contribution in [3.63, 3.8) is 0 Å². The number of hydrogen-bond acceptors (Lipinski definition) is 4. The van der Waals surface area contributed by atoms with Crippen LogP contribution in [0.5, 0.6) is 0 Å². The molecule has 0 saturated carbocycles. The fourth-order valence-electron chi connectivity index (χ4n) is 2.70. The highest BCUT2D eigenvalue weighted by Gasteiger charge is 2.17. The molecule has 0 aliphatic carbocycles. The zero-order valence-corrected chi connectivity index (χ0v) is 14.9. The number of hydrogen-bond donors (Lipinski definition) is 2. The summed E-state index contributed by atoms with van der Waals surface area (Å²) in [5, 5.41) is 5.45. The van der Waals surface area contributed by atoms with E-state index in [1.54, 1.807) is 22.7 Å². The fraction of sp³-hybridized carbons (Fsp3) is 0.263. The Hall–Kier alpha value is -3.29. The summed E-state index contributed by atoms with van der Waals surface area (Å²) in [5.41, 5.74) is 0.682. The molecule has 2 amide bonds. The van der Waals surface area contributed by atoms with E-state index in [1.165, 1.54) is 18.2 Å². The number of carbonyl (C=O) groups excluding carboxylic acids is 2. The molecule has 0 fully saturated rings. The van der Waals surface area contributed by atoms with Crippen LogP contribution in [0, 0.1) is 5.82 Å². The van der Waals surface area contributed by atoms with Gasteiger partial charge in [-0.25, -0.2) is 14.4 Å². The molecule has 0 bridgehead atoms. The van der Waals surface area contributed by atoms with Crippen LogP contribution in [0.4, 0.5) is 4.39 Å². The Bertz CT molecular complexity index is 923. The SMILES string of the molecule is CC[C@@H](NC(=O)CCNC(=O)c1ccccc1F)c1cn2cccnc2n1. The highest BCUT2D eigenvalue weighted by atomic mass is 19.1. The first kappa shape index (κ1) is 18.5. The van der Waals surface area contributed by atoms with E-state index in [0.717, 1.165) is 5.69 Å². The molecule has 0 aliphatic heterocycles. The lowest BCUT2D eigenvalue weighted by Crippen LogP contribution is -2.33. The van der Waals surface area contributed by atoms with Crippen molar-refractivity contribution in [3.8, 4) is 0 Å². The first-order chi connectivity index (χ1) is 13.1. The first-order valence-electron chi connectivity index (χ1n) is 8.70. The summed E-state index contributed by atoms with van der Waals surface area (Å²) in [4.78, 5) is 32.7. The second-order valence-electron chi connectivity index (χ2n) is 6.01. The topological polar surface area (TPSA) is 88.4 Å². The predicted molar refractivity (Wildman–Crippen MR) is 97.5 cm³/mol. The van der Waals surface area contributed by atoms with E-state index >= 15 is 0 Å². The molecule has 8 heteroatoms. The zero-order valence-electron chi connectivity index (χ0n) is 14.9. The molecule has 27 heavy (non-hydrogen) atoms. The number of amides is 2. The van der Waals surface area contributed by atoms with Crippen LogP contribution in [0.25, 0.3) is 5.78 Å². The second-order valence-corrected chi connectivity index (χ2v) is 6.01. The summed E-state index contributed by atoms with van der Waals surface area (Å²) >= 11 is 0. The van der Waals surface area contributed by atoms with E-state index in [2.05, 4.69) is 20.6 Å². The molecule has 2 aromatic heterocycles. The summed E-state index contributed by atoms with van der Waals surface area (Å²) in [5.74, 6) is -0.789. The maximum atomic E-state index is 13.6. The molecule has 3 aromatic rings. The largest absolute Gasteiger partial charge is 0.351 e. The molecule has 2 N–H and O–H groups in total. The molecule has 0 saturated heterocycles. The number of rotatable bonds is 7. The number of nitrogens with one attached hydrogen (secondary N) is 2. The van der Waals surface area contributed by atoms with Crippen molar-refractivity contribution in [2.45, 2.75) is 25.8 Å². The first-order valence-corrected chi connectivity index (χ1v) is 8.70. The van der Waals surface area contributed by atoms with Gasteiger partial charge < -0.3 is 10.6 Å². The summed E-state index contributed by atoms with van der Waals surface area (Å²) in [7, 11) is 0. The van der Waals surface area contributed by atoms with Gasteiger partial charge >= 0.3 is 0 Å². The standard InChI is InChI=1S/C19H20FN5O2/c1-2-15(16-12-25-11-5-9-22-19(25)24-16)23-17(26)8-10-21-18(27)13-6-3-4-7-14(13)20/h3-7,9,11-12,15H,2,8,10H2,1H3,(H,21,27)(H,23,26)/t15-/m1/s1. The lowest BCUT2D eigenvalue weighted by Gasteiger charge is -2.14. The Balaban J connectivity index is 1.53. The van der Waals surface area contributed by atoms with Crippen LogP contribution in [-0.2, 0) is 4.79 Å². The smallest absolute Gasteiger partial charge is 0.254 e. The number of nitrogens with zero attached hydrogens (tertiary/aromatic N) is 3. The van der Waals surface area contributed by atoms with Crippen LogP contribution >= 0.6 is 0 Å². The van der Waals surface area contributed by atoms with Gasteiger partial charge in [-0.05, 0) is 24.6 Å². The lowest BCUT2D eigenvalue weighted by atomic mass is 10.1. The van der Waals surface area contributed by atoms with Gasteiger partial charge in [0.1, 0.15) is 5.82 Å². The molecule has 1 atom stereocenters. The minimum Gasteiger partial charge on any atom is -0.351 e. The van der Waals surface area contributed by atoms with Gasteiger partial charge in [0.05, 0.1) is 17.3 Å². The predicted octanol–water partition coefficient (Wildman–Crippen LogP) is 2.26.